The molecule has 3 aliphatic rings. The zero-order chi connectivity index (χ0) is 17.2. The number of nitrogens with one attached hydrogen (secondary N) is 1. The van der Waals surface area contributed by atoms with Gasteiger partial charge in [0.25, 0.3) is 5.91 Å². The number of carbonyl (C=O) groups excluding carboxylic acids is 2. The van der Waals surface area contributed by atoms with Crippen LogP contribution in [0.4, 0.5) is 5.69 Å². The summed E-state index contributed by atoms with van der Waals surface area (Å²) in [6, 6.07) is 5.72. The lowest BCUT2D eigenvalue weighted by atomic mass is 10.0. The zero-order valence-corrected chi connectivity index (χ0v) is 14.5. The molecule has 1 saturated heterocycles. The number of amides is 2. The maximum atomic E-state index is 12.6. The molecule has 6 heteroatoms. The van der Waals surface area contributed by atoms with Gasteiger partial charge in [-0.3, -0.25) is 14.5 Å². The van der Waals surface area contributed by atoms with E-state index < -0.39 is 0 Å². The van der Waals surface area contributed by atoms with E-state index in [9.17, 15) is 9.59 Å². The second-order valence-corrected chi connectivity index (χ2v) is 7.03. The highest BCUT2D eigenvalue weighted by molar-refractivity contribution is 6.02. The Labute approximate surface area is 148 Å². The third kappa shape index (κ3) is 3.55. The standard InChI is InChI=1S/C19H25N3O3/c23-18(20-7-9-21-10-12-25-13-11-21)16-2-1-3-17-15(16)6-8-22(17)19(24)14-4-5-14/h1-3,14H,4-13H2,(H,20,23). The van der Waals surface area contributed by atoms with Crippen molar-refractivity contribution in [1.82, 2.24) is 10.2 Å². The van der Waals surface area contributed by atoms with Crippen molar-refractivity contribution in [2.75, 3.05) is 50.8 Å². The van der Waals surface area contributed by atoms with Crippen molar-refractivity contribution in [3.63, 3.8) is 0 Å². The Hall–Kier alpha value is -1.92. The molecule has 1 aromatic carbocycles. The summed E-state index contributed by atoms with van der Waals surface area (Å²) in [6.07, 6.45) is 2.78. The Morgan fingerprint density at radius 2 is 1.96 bits per heavy atom. The van der Waals surface area contributed by atoms with E-state index >= 15 is 0 Å². The van der Waals surface area contributed by atoms with Gasteiger partial charge in [0.1, 0.15) is 0 Å². The highest BCUT2D eigenvalue weighted by Gasteiger charge is 2.37. The predicted octanol–water partition coefficient (Wildman–Crippen LogP) is 1.05. The summed E-state index contributed by atoms with van der Waals surface area (Å²) in [5.41, 5.74) is 2.66. The number of ether oxygens (including phenoxy) is 1. The molecule has 6 nitrogen and oxygen atoms in total. The van der Waals surface area contributed by atoms with Gasteiger partial charge in [-0.25, -0.2) is 0 Å². The van der Waals surface area contributed by atoms with E-state index in [0.29, 0.717) is 18.7 Å². The van der Waals surface area contributed by atoms with E-state index in [0.717, 1.165) is 63.4 Å². The highest BCUT2D eigenvalue weighted by Crippen LogP contribution is 2.37. The minimum absolute atomic E-state index is 0.0363. The van der Waals surface area contributed by atoms with Crippen LogP contribution in [0.2, 0.25) is 0 Å². The minimum atomic E-state index is -0.0363. The number of hydrogen-bond acceptors (Lipinski definition) is 4. The first-order valence-electron chi connectivity index (χ1n) is 9.25. The molecule has 0 radical (unpaired) electrons. The second-order valence-electron chi connectivity index (χ2n) is 7.03. The molecule has 2 aliphatic heterocycles. The summed E-state index contributed by atoms with van der Waals surface area (Å²) in [7, 11) is 0. The zero-order valence-electron chi connectivity index (χ0n) is 14.5. The van der Waals surface area contributed by atoms with Gasteiger partial charge in [0, 0.05) is 49.9 Å². The molecular formula is C19H25N3O3. The molecule has 2 amide bonds. The fourth-order valence-corrected chi connectivity index (χ4v) is 3.67. The van der Waals surface area contributed by atoms with E-state index in [2.05, 4.69) is 10.2 Å². The molecule has 1 aromatic rings. The van der Waals surface area contributed by atoms with Gasteiger partial charge in [0.05, 0.1) is 13.2 Å². The quantitative estimate of drug-likeness (QED) is 0.868. The van der Waals surface area contributed by atoms with Crippen molar-refractivity contribution in [2.45, 2.75) is 19.3 Å². The molecule has 4 rings (SSSR count). The molecule has 2 fully saturated rings. The molecule has 0 spiro atoms. The number of anilines is 1. The lowest BCUT2D eigenvalue weighted by molar-refractivity contribution is -0.119. The predicted molar refractivity (Wildman–Crippen MR) is 94.8 cm³/mol. The van der Waals surface area contributed by atoms with Crippen LogP contribution in [0.25, 0.3) is 0 Å². The number of rotatable bonds is 5. The number of morpholine rings is 1. The SMILES string of the molecule is O=C(NCCN1CCOCC1)c1cccc2c1CCN2C(=O)C1CC1. The third-order valence-electron chi connectivity index (χ3n) is 5.28. The number of nitrogens with zero attached hydrogens (tertiary/aromatic N) is 2. The van der Waals surface area contributed by atoms with Crippen LogP contribution in [0.1, 0.15) is 28.8 Å². The van der Waals surface area contributed by atoms with Crippen molar-refractivity contribution >= 4 is 17.5 Å². The molecular weight excluding hydrogens is 318 g/mol. The summed E-state index contributed by atoms with van der Waals surface area (Å²) in [4.78, 5) is 29.2. The average Bonchev–Trinajstić information content (AvgIpc) is 3.40. The summed E-state index contributed by atoms with van der Waals surface area (Å²) in [5, 5.41) is 3.03. The lowest BCUT2D eigenvalue weighted by Gasteiger charge is -2.26. The van der Waals surface area contributed by atoms with Gasteiger partial charge in [-0.05, 0) is 37.0 Å². The van der Waals surface area contributed by atoms with E-state index in [1.165, 1.54) is 0 Å². The Morgan fingerprint density at radius 3 is 2.72 bits per heavy atom. The van der Waals surface area contributed by atoms with E-state index in [1.54, 1.807) is 0 Å². The van der Waals surface area contributed by atoms with Gasteiger partial charge in [-0.15, -0.1) is 0 Å². The first-order chi connectivity index (χ1) is 12.2. The number of fused-ring (bicyclic) bond motifs is 1. The van der Waals surface area contributed by atoms with Gasteiger partial charge < -0.3 is 15.0 Å². The third-order valence-corrected chi connectivity index (χ3v) is 5.28. The molecule has 2 heterocycles. The first-order valence-corrected chi connectivity index (χ1v) is 9.25. The monoisotopic (exact) mass is 343 g/mol. The summed E-state index contributed by atoms with van der Waals surface area (Å²) < 4.78 is 5.34. The van der Waals surface area contributed by atoms with E-state index in [1.807, 2.05) is 23.1 Å². The van der Waals surface area contributed by atoms with Crippen molar-refractivity contribution in [3.05, 3.63) is 29.3 Å². The van der Waals surface area contributed by atoms with Crippen LogP contribution in [0.3, 0.4) is 0 Å². The fourth-order valence-electron chi connectivity index (χ4n) is 3.67. The smallest absolute Gasteiger partial charge is 0.251 e. The van der Waals surface area contributed by atoms with E-state index in [4.69, 9.17) is 4.74 Å². The van der Waals surface area contributed by atoms with Crippen LogP contribution in [0, 0.1) is 5.92 Å². The maximum absolute atomic E-state index is 12.6. The Bertz CT molecular complexity index is 666. The van der Waals surface area contributed by atoms with Crippen LogP contribution in [0.15, 0.2) is 18.2 Å². The first kappa shape index (κ1) is 16.5. The Morgan fingerprint density at radius 1 is 1.16 bits per heavy atom. The number of hydrogen-bond donors (Lipinski definition) is 1. The van der Waals surface area contributed by atoms with Crippen LogP contribution >= 0.6 is 0 Å². The van der Waals surface area contributed by atoms with Gasteiger partial charge in [0.15, 0.2) is 0 Å². The van der Waals surface area contributed by atoms with Crippen molar-refractivity contribution in [3.8, 4) is 0 Å². The largest absolute Gasteiger partial charge is 0.379 e. The van der Waals surface area contributed by atoms with Crippen LogP contribution in [-0.4, -0.2) is 62.7 Å². The van der Waals surface area contributed by atoms with Crippen molar-refractivity contribution < 1.29 is 14.3 Å². The minimum Gasteiger partial charge on any atom is -0.379 e. The normalized spacial score (nSPS) is 20.4. The molecule has 0 unspecified atom stereocenters. The van der Waals surface area contributed by atoms with E-state index in [-0.39, 0.29) is 17.7 Å². The van der Waals surface area contributed by atoms with Gasteiger partial charge in [-0.1, -0.05) is 6.07 Å². The molecule has 1 N–H and O–H groups in total. The highest BCUT2D eigenvalue weighted by atomic mass is 16.5. The van der Waals surface area contributed by atoms with Crippen LogP contribution in [-0.2, 0) is 16.0 Å². The van der Waals surface area contributed by atoms with Gasteiger partial charge >= 0.3 is 0 Å². The molecule has 0 atom stereocenters. The molecule has 1 aliphatic carbocycles. The fraction of sp³-hybridized carbons (Fsp3) is 0.579. The lowest BCUT2D eigenvalue weighted by Crippen LogP contribution is -2.41. The van der Waals surface area contributed by atoms with Crippen molar-refractivity contribution in [2.24, 2.45) is 5.92 Å². The summed E-state index contributed by atoms with van der Waals surface area (Å²) in [5.74, 6) is 0.395. The second kappa shape index (κ2) is 7.14. The Kier molecular flexibility index (Phi) is 4.72. The molecule has 0 bridgehead atoms. The van der Waals surface area contributed by atoms with Gasteiger partial charge in [0.2, 0.25) is 5.91 Å². The van der Waals surface area contributed by atoms with Crippen LogP contribution in [0.5, 0.6) is 0 Å². The molecule has 25 heavy (non-hydrogen) atoms. The maximum Gasteiger partial charge on any atom is 0.251 e. The summed E-state index contributed by atoms with van der Waals surface area (Å²) in [6.45, 7) is 5.56. The van der Waals surface area contributed by atoms with Gasteiger partial charge in [-0.2, -0.15) is 0 Å². The van der Waals surface area contributed by atoms with Crippen molar-refractivity contribution in [1.29, 1.82) is 0 Å². The molecule has 134 valence electrons. The number of benzene rings is 1. The van der Waals surface area contributed by atoms with Crippen LogP contribution < -0.4 is 10.2 Å². The molecule has 0 aromatic heterocycles. The average molecular weight is 343 g/mol. The Balaban J connectivity index is 1.39. The topological polar surface area (TPSA) is 61.9 Å². The summed E-state index contributed by atoms with van der Waals surface area (Å²) >= 11 is 0. The molecule has 1 saturated carbocycles. The number of carbonyl (C=O) groups is 2.